The molecule has 1 fully saturated rings. The number of thioether (sulfide) groups is 1. The van der Waals surface area contributed by atoms with E-state index in [1.165, 1.54) is 36.0 Å². The van der Waals surface area contributed by atoms with Crippen LogP contribution in [-0.2, 0) is 9.59 Å². The minimum absolute atomic E-state index is 0.138. The molecule has 0 radical (unpaired) electrons. The van der Waals surface area contributed by atoms with Crippen molar-refractivity contribution in [3.05, 3.63) is 46.0 Å². The summed E-state index contributed by atoms with van der Waals surface area (Å²) in [6, 6.07) is 4.60. The maximum Gasteiger partial charge on any atom is 0.405 e. The number of carbonyl (C=O) groups excluding carboxylic acids is 2. The van der Waals surface area contributed by atoms with Crippen molar-refractivity contribution in [2.75, 3.05) is 18.2 Å². The molecule has 1 aliphatic rings. The van der Waals surface area contributed by atoms with E-state index in [0.717, 1.165) is 11.0 Å². The van der Waals surface area contributed by atoms with E-state index in [-0.39, 0.29) is 17.3 Å². The Bertz CT molecular complexity index is 739. The predicted octanol–water partition coefficient (Wildman–Crippen LogP) is 2.19. The lowest BCUT2D eigenvalue weighted by Gasteiger charge is -2.22. The van der Waals surface area contributed by atoms with E-state index in [2.05, 4.69) is 0 Å². The Labute approximate surface area is 150 Å². The number of alkyl halides is 3. The van der Waals surface area contributed by atoms with E-state index in [1.54, 1.807) is 11.4 Å². The van der Waals surface area contributed by atoms with E-state index in [0.29, 0.717) is 5.56 Å². The molecule has 0 spiro atoms. The van der Waals surface area contributed by atoms with Gasteiger partial charge in [0.25, 0.3) is 5.69 Å². The average molecular weight is 389 g/mol. The molecule has 26 heavy (non-hydrogen) atoms. The minimum atomic E-state index is -4.53. The number of non-ortho nitro benzene ring substituents is 1. The van der Waals surface area contributed by atoms with Gasteiger partial charge in [-0.3, -0.25) is 19.7 Å². The van der Waals surface area contributed by atoms with E-state index >= 15 is 0 Å². The highest BCUT2D eigenvalue weighted by molar-refractivity contribution is 7.99. The summed E-state index contributed by atoms with van der Waals surface area (Å²) >= 11 is 1.25. The Hall–Kier alpha value is -2.56. The van der Waals surface area contributed by atoms with Crippen molar-refractivity contribution in [1.29, 1.82) is 0 Å². The van der Waals surface area contributed by atoms with Gasteiger partial charge in [-0.15, -0.1) is 11.8 Å². The third-order valence-corrected chi connectivity index (χ3v) is 4.44. The number of nitro benzene ring substituents is 1. The number of amides is 2. The number of hydrogen-bond acceptors (Lipinski definition) is 5. The van der Waals surface area contributed by atoms with Crippen LogP contribution in [0.15, 0.2) is 30.3 Å². The summed E-state index contributed by atoms with van der Waals surface area (Å²) in [6.45, 7) is -1.46. The van der Waals surface area contributed by atoms with Crippen LogP contribution in [0.25, 0.3) is 6.08 Å². The Morgan fingerprint density at radius 2 is 2.15 bits per heavy atom. The quantitative estimate of drug-likeness (QED) is 0.473. The molecule has 2 rings (SSSR count). The zero-order chi connectivity index (χ0) is 19.3. The third-order valence-electron chi connectivity index (χ3n) is 3.43. The normalized spacial score (nSPS) is 17.5. The molecule has 2 amide bonds. The van der Waals surface area contributed by atoms with Gasteiger partial charge in [0.15, 0.2) is 0 Å². The van der Waals surface area contributed by atoms with Crippen molar-refractivity contribution in [3.63, 3.8) is 0 Å². The monoisotopic (exact) mass is 389 g/mol. The van der Waals surface area contributed by atoms with Gasteiger partial charge in [0.1, 0.15) is 12.6 Å². The van der Waals surface area contributed by atoms with Crippen molar-refractivity contribution >= 4 is 35.3 Å². The number of nitro groups is 1. The molecule has 1 unspecified atom stereocenters. The van der Waals surface area contributed by atoms with Crippen molar-refractivity contribution in [1.82, 2.24) is 10.2 Å². The number of nitrogens with zero attached hydrogens (tertiary/aromatic N) is 2. The summed E-state index contributed by atoms with van der Waals surface area (Å²) in [5.41, 5.74) is 0.276. The van der Waals surface area contributed by atoms with Crippen molar-refractivity contribution in [2.45, 2.75) is 12.2 Å². The molecule has 1 saturated heterocycles. The number of rotatable bonds is 5. The minimum Gasteiger partial charge on any atom is -0.345 e. The Morgan fingerprint density at radius 3 is 2.81 bits per heavy atom. The van der Waals surface area contributed by atoms with Crippen LogP contribution in [0.4, 0.5) is 18.9 Å². The molecule has 1 aliphatic heterocycles. The number of halogens is 3. The first kappa shape index (κ1) is 19.8. The highest BCUT2D eigenvalue weighted by atomic mass is 32.2. The zero-order valence-corrected chi connectivity index (χ0v) is 14.0. The molecule has 0 saturated carbocycles. The van der Waals surface area contributed by atoms with Crippen LogP contribution < -0.4 is 5.32 Å². The van der Waals surface area contributed by atoms with Crippen molar-refractivity contribution in [3.8, 4) is 0 Å². The molecular weight excluding hydrogens is 375 g/mol. The van der Waals surface area contributed by atoms with Gasteiger partial charge in [-0.1, -0.05) is 12.1 Å². The second kappa shape index (κ2) is 8.21. The van der Waals surface area contributed by atoms with Crippen LogP contribution in [0.2, 0.25) is 0 Å². The molecule has 1 heterocycles. The first-order chi connectivity index (χ1) is 12.2. The van der Waals surface area contributed by atoms with Crippen LogP contribution in [0.1, 0.15) is 5.56 Å². The molecule has 0 aromatic heterocycles. The standard InChI is InChI=1S/C15H14F3N3O4S/c16-15(17,18)8-19-14(23)12-7-26-9-20(12)13(22)5-4-10-2-1-3-11(6-10)21(24)25/h1-6,12H,7-9H2,(H,19,23)/b5-4+. The van der Waals surface area contributed by atoms with Gasteiger partial charge in [0.05, 0.1) is 10.8 Å². The van der Waals surface area contributed by atoms with Crippen LogP contribution in [-0.4, -0.2) is 52.0 Å². The van der Waals surface area contributed by atoms with Crippen molar-refractivity contribution in [2.24, 2.45) is 0 Å². The summed E-state index contributed by atoms with van der Waals surface area (Å²) < 4.78 is 36.6. The van der Waals surface area contributed by atoms with Gasteiger partial charge in [0.2, 0.25) is 11.8 Å². The number of nitrogens with one attached hydrogen (secondary N) is 1. The Balaban J connectivity index is 2.02. The fourth-order valence-corrected chi connectivity index (χ4v) is 3.35. The van der Waals surface area contributed by atoms with E-state index in [9.17, 15) is 32.9 Å². The molecule has 1 atom stereocenters. The van der Waals surface area contributed by atoms with Gasteiger partial charge in [-0.2, -0.15) is 13.2 Å². The van der Waals surface area contributed by atoms with Crippen LogP contribution in [0, 0.1) is 10.1 Å². The highest BCUT2D eigenvalue weighted by Crippen LogP contribution is 2.22. The van der Waals surface area contributed by atoms with Gasteiger partial charge in [0, 0.05) is 24.0 Å². The Kier molecular flexibility index (Phi) is 6.24. The molecule has 11 heteroatoms. The van der Waals surface area contributed by atoms with Crippen LogP contribution in [0.3, 0.4) is 0 Å². The molecule has 7 nitrogen and oxygen atoms in total. The van der Waals surface area contributed by atoms with Gasteiger partial charge >= 0.3 is 6.18 Å². The smallest absolute Gasteiger partial charge is 0.345 e. The molecule has 1 aromatic rings. The fourth-order valence-electron chi connectivity index (χ4n) is 2.19. The molecule has 140 valence electrons. The maximum atomic E-state index is 12.2. The van der Waals surface area contributed by atoms with E-state index in [4.69, 9.17) is 0 Å². The lowest BCUT2D eigenvalue weighted by molar-refractivity contribution is -0.384. The fraction of sp³-hybridized carbons (Fsp3) is 0.333. The average Bonchev–Trinajstić information content (AvgIpc) is 3.07. The summed E-state index contributed by atoms with van der Waals surface area (Å²) in [7, 11) is 0. The summed E-state index contributed by atoms with van der Waals surface area (Å²) in [6.07, 6.45) is -2.05. The van der Waals surface area contributed by atoms with E-state index in [1.807, 2.05) is 0 Å². The molecule has 0 bridgehead atoms. The topological polar surface area (TPSA) is 92.6 Å². The first-order valence-corrected chi connectivity index (χ1v) is 8.48. The highest BCUT2D eigenvalue weighted by Gasteiger charge is 2.36. The third kappa shape index (κ3) is 5.48. The van der Waals surface area contributed by atoms with Crippen LogP contribution in [0.5, 0.6) is 0 Å². The number of benzene rings is 1. The van der Waals surface area contributed by atoms with Gasteiger partial charge in [-0.25, -0.2) is 0 Å². The Morgan fingerprint density at radius 1 is 1.42 bits per heavy atom. The van der Waals surface area contributed by atoms with Crippen LogP contribution >= 0.6 is 11.8 Å². The SMILES string of the molecule is O=C(NCC(F)(F)F)C1CSCN1C(=O)/C=C/c1cccc([N+](=O)[O-])c1. The first-order valence-electron chi connectivity index (χ1n) is 7.33. The second-order valence-corrected chi connectivity index (χ2v) is 6.34. The zero-order valence-electron chi connectivity index (χ0n) is 13.2. The summed E-state index contributed by atoms with van der Waals surface area (Å²) in [5, 5.41) is 12.5. The summed E-state index contributed by atoms with van der Waals surface area (Å²) in [5.74, 6) is -1.07. The molecule has 0 aliphatic carbocycles. The number of hydrogen-bond donors (Lipinski definition) is 1. The van der Waals surface area contributed by atoms with Gasteiger partial charge < -0.3 is 10.2 Å². The molecular formula is C15H14F3N3O4S. The van der Waals surface area contributed by atoms with Gasteiger partial charge in [-0.05, 0) is 11.6 Å². The largest absolute Gasteiger partial charge is 0.405 e. The van der Waals surface area contributed by atoms with Crippen molar-refractivity contribution < 1.29 is 27.7 Å². The summed E-state index contributed by atoms with van der Waals surface area (Å²) in [4.78, 5) is 35.4. The molecule has 1 N–H and O–H groups in total. The number of carbonyl (C=O) groups is 2. The molecule has 1 aromatic carbocycles. The predicted molar refractivity (Wildman–Crippen MR) is 89.2 cm³/mol. The second-order valence-electron chi connectivity index (χ2n) is 5.34. The lowest BCUT2D eigenvalue weighted by Crippen LogP contribution is -2.48. The maximum absolute atomic E-state index is 12.2. The van der Waals surface area contributed by atoms with E-state index < -0.39 is 35.5 Å². The lowest BCUT2D eigenvalue weighted by atomic mass is 10.2.